The summed E-state index contributed by atoms with van der Waals surface area (Å²) in [5.41, 5.74) is 2.86. The minimum atomic E-state index is 0.202. The van der Waals surface area contributed by atoms with Gasteiger partial charge in [-0.05, 0) is 43.2 Å². The first-order valence-corrected chi connectivity index (χ1v) is 7.56. The highest BCUT2D eigenvalue weighted by molar-refractivity contribution is 9.10. The Hall–Kier alpha value is -0.800. The van der Waals surface area contributed by atoms with Crippen LogP contribution < -0.4 is 4.74 Å². The van der Waals surface area contributed by atoms with Gasteiger partial charge in [-0.3, -0.25) is 0 Å². The number of fused-ring (bicyclic) bond motifs is 4. The third kappa shape index (κ3) is 1.44. The number of hydrogen-bond acceptors (Lipinski definition) is 1. The molecule has 0 saturated heterocycles. The Labute approximate surface area is 122 Å². The SMILES string of the molecule is Brc1ccc2c(c1)Oc1ccc(Br)cc1C21CC1. The molecule has 0 aromatic heterocycles. The monoisotopic (exact) mass is 364 g/mol. The molecular weight excluding hydrogens is 356 g/mol. The lowest BCUT2D eigenvalue weighted by molar-refractivity contribution is 0.441. The number of ether oxygens (including phenoxy) is 1. The second-order valence-electron chi connectivity index (χ2n) is 4.97. The standard InChI is InChI=1S/C15H10Br2O/c16-9-2-4-13-12(7-9)15(5-6-15)11-3-1-10(17)8-14(11)18-13/h1-4,7-8H,5-6H2. The van der Waals surface area contributed by atoms with Crippen LogP contribution in [0.25, 0.3) is 0 Å². The van der Waals surface area contributed by atoms with Crippen molar-refractivity contribution in [2.75, 3.05) is 0 Å². The fourth-order valence-corrected chi connectivity index (χ4v) is 3.57. The van der Waals surface area contributed by atoms with E-state index in [1.54, 1.807) is 0 Å². The Morgan fingerprint density at radius 3 is 2.33 bits per heavy atom. The van der Waals surface area contributed by atoms with Crippen molar-refractivity contribution < 1.29 is 4.74 Å². The molecule has 0 bridgehead atoms. The van der Waals surface area contributed by atoms with E-state index in [0.29, 0.717) is 0 Å². The molecular formula is C15H10Br2O. The van der Waals surface area contributed by atoms with Gasteiger partial charge >= 0.3 is 0 Å². The molecule has 1 spiro atoms. The van der Waals surface area contributed by atoms with Gasteiger partial charge in [0, 0.05) is 25.5 Å². The zero-order chi connectivity index (χ0) is 12.3. The van der Waals surface area contributed by atoms with E-state index >= 15 is 0 Å². The molecule has 1 fully saturated rings. The van der Waals surface area contributed by atoms with E-state index in [1.165, 1.54) is 24.0 Å². The lowest BCUT2D eigenvalue weighted by Gasteiger charge is -2.28. The van der Waals surface area contributed by atoms with Crippen LogP contribution in [0.4, 0.5) is 0 Å². The van der Waals surface area contributed by atoms with Gasteiger partial charge in [0.25, 0.3) is 0 Å². The van der Waals surface area contributed by atoms with Crippen molar-refractivity contribution in [3.63, 3.8) is 0 Å². The second-order valence-corrected chi connectivity index (χ2v) is 6.80. The highest BCUT2D eigenvalue weighted by Gasteiger charge is 2.51. The summed E-state index contributed by atoms with van der Waals surface area (Å²) < 4.78 is 8.23. The van der Waals surface area contributed by atoms with Crippen LogP contribution in [-0.4, -0.2) is 0 Å². The van der Waals surface area contributed by atoms with Crippen LogP contribution in [0.1, 0.15) is 24.0 Å². The summed E-state index contributed by atoms with van der Waals surface area (Å²) in [4.78, 5) is 0. The fourth-order valence-electron chi connectivity index (χ4n) is 2.87. The zero-order valence-corrected chi connectivity index (χ0v) is 12.7. The summed E-state index contributed by atoms with van der Waals surface area (Å²) in [5, 5.41) is 0. The van der Waals surface area contributed by atoms with Crippen LogP contribution in [0, 0.1) is 0 Å². The number of halogens is 2. The maximum absolute atomic E-state index is 6.04. The molecule has 90 valence electrons. The van der Waals surface area contributed by atoms with Gasteiger partial charge < -0.3 is 4.74 Å². The predicted molar refractivity (Wildman–Crippen MR) is 78.4 cm³/mol. The molecule has 2 aromatic carbocycles. The Balaban J connectivity index is 1.98. The molecule has 1 nitrogen and oxygen atoms in total. The van der Waals surface area contributed by atoms with E-state index in [9.17, 15) is 0 Å². The van der Waals surface area contributed by atoms with Crippen molar-refractivity contribution in [1.29, 1.82) is 0 Å². The van der Waals surface area contributed by atoms with Crippen molar-refractivity contribution in [3.8, 4) is 11.5 Å². The van der Waals surface area contributed by atoms with Gasteiger partial charge in [-0.1, -0.05) is 37.9 Å². The number of rotatable bonds is 0. The van der Waals surface area contributed by atoms with Crippen LogP contribution in [-0.2, 0) is 5.41 Å². The Morgan fingerprint density at radius 2 is 1.56 bits per heavy atom. The Morgan fingerprint density at radius 1 is 0.833 bits per heavy atom. The van der Waals surface area contributed by atoms with E-state index < -0.39 is 0 Å². The first kappa shape index (κ1) is 11.1. The highest BCUT2D eigenvalue weighted by Crippen LogP contribution is 2.62. The van der Waals surface area contributed by atoms with Gasteiger partial charge in [-0.25, -0.2) is 0 Å². The lowest BCUT2D eigenvalue weighted by Crippen LogP contribution is -2.16. The molecule has 18 heavy (non-hydrogen) atoms. The first-order chi connectivity index (χ1) is 8.69. The maximum atomic E-state index is 6.04. The fraction of sp³-hybridized carbons (Fsp3) is 0.200. The molecule has 0 amide bonds. The largest absolute Gasteiger partial charge is 0.457 e. The third-order valence-electron chi connectivity index (χ3n) is 3.89. The highest BCUT2D eigenvalue weighted by atomic mass is 79.9. The summed E-state index contributed by atoms with van der Waals surface area (Å²) in [5.74, 6) is 2.00. The van der Waals surface area contributed by atoms with E-state index in [1.807, 2.05) is 6.07 Å². The van der Waals surface area contributed by atoms with Gasteiger partial charge in [-0.2, -0.15) is 0 Å². The Kier molecular flexibility index (Phi) is 2.22. The van der Waals surface area contributed by atoms with Crippen LogP contribution >= 0.6 is 31.9 Å². The maximum Gasteiger partial charge on any atom is 0.132 e. The average molecular weight is 366 g/mol. The van der Waals surface area contributed by atoms with E-state index in [-0.39, 0.29) is 5.41 Å². The molecule has 0 N–H and O–H groups in total. The topological polar surface area (TPSA) is 9.23 Å². The molecule has 1 heterocycles. The smallest absolute Gasteiger partial charge is 0.132 e. The third-order valence-corrected chi connectivity index (χ3v) is 4.87. The van der Waals surface area contributed by atoms with Crippen LogP contribution in [0.3, 0.4) is 0 Å². The molecule has 2 aromatic rings. The molecule has 0 radical (unpaired) electrons. The summed E-state index contributed by atoms with van der Waals surface area (Å²) in [6, 6.07) is 12.7. The molecule has 1 saturated carbocycles. The zero-order valence-electron chi connectivity index (χ0n) is 9.54. The molecule has 4 rings (SSSR count). The summed E-state index contributed by atoms with van der Waals surface area (Å²) >= 11 is 7.07. The van der Waals surface area contributed by atoms with Gasteiger partial charge in [0.2, 0.25) is 0 Å². The second kappa shape index (κ2) is 3.61. The van der Waals surface area contributed by atoms with Crippen molar-refractivity contribution in [2.24, 2.45) is 0 Å². The van der Waals surface area contributed by atoms with Gasteiger partial charge in [-0.15, -0.1) is 0 Å². The summed E-state index contributed by atoms with van der Waals surface area (Å²) in [6.07, 6.45) is 2.43. The minimum absolute atomic E-state index is 0.202. The van der Waals surface area contributed by atoms with E-state index in [2.05, 4.69) is 62.2 Å². The molecule has 1 aliphatic heterocycles. The van der Waals surface area contributed by atoms with Crippen LogP contribution in [0.5, 0.6) is 11.5 Å². The number of hydrogen-bond donors (Lipinski definition) is 0. The quantitative estimate of drug-likeness (QED) is 0.607. The Bertz CT molecular complexity index is 660. The number of benzene rings is 2. The molecule has 2 aliphatic rings. The van der Waals surface area contributed by atoms with Crippen molar-refractivity contribution >= 4 is 31.9 Å². The van der Waals surface area contributed by atoms with E-state index in [0.717, 1.165) is 20.4 Å². The van der Waals surface area contributed by atoms with E-state index in [4.69, 9.17) is 4.74 Å². The van der Waals surface area contributed by atoms with Crippen molar-refractivity contribution in [3.05, 3.63) is 56.5 Å². The molecule has 0 atom stereocenters. The summed E-state index contributed by atoms with van der Waals surface area (Å²) in [7, 11) is 0. The molecule has 1 aliphatic carbocycles. The van der Waals surface area contributed by atoms with Crippen molar-refractivity contribution in [2.45, 2.75) is 18.3 Å². The minimum Gasteiger partial charge on any atom is -0.457 e. The van der Waals surface area contributed by atoms with Gasteiger partial charge in [0.15, 0.2) is 0 Å². The normalized spacial score (nSPS) is 17.9. The molecule has 3 heteroatoms. The molecule has 0 unspecified atom stereocenters. The van der Waals surface area contributed by atoms with Crippen molar-refractivity contribution in [1.82, 2.24) is 0 Å². The average Bonchev–Trinajstić information content (AvgIpc) is 3.12. The first-order valence-electron chi connectivity index (χ1n) is 5.97. The summed E-state index contributed by atoms with van der Waals surface area (Å²) in [6.45, 7) is 0. The van der Waals surface area contributed by atoms with Crippen LogP contribution in [0.15, 0.2) is 45.3 Å². The van der Waals surface area contributed by atoms with Crippen LogP contribution in [0.2, 0.25) is 0 Å². The lowest BCUT2D eigenvalue weighted by atomic mass is 9.85. The van der Waals surface area contributed by atoms with Gasteiger partial charge in [0.05, 0.1) is 0 Å². The van der Waals surface area contributed by atoms with Gasteiger partial charge in [0.1, 0.15) is 11.5 Å². The predicted octanol–water partition coefficient (Wildman–Crippen LogP) is 5.40.